The van der Waals surface area contributed by atoms with Crippen LogP contribution < -0.4 is 0 Å². The third-order valence-electron chi connectivity index (χ3n) is 8.60. The number of carbonyl (C=O) groups is 1. The number of ether oxygens (including phenoxy) is 1. The second kappa shape index (κ2) is 7.16. The number of hydrogen-bond donors (Lipinski definition) is 1. The summed E-state index contributed by atoms with van der Waals surface area (Å²) in [5.41, 5.74) is -0.787. The topological polar surface area (TPSA) is 46.5 Å². The highest BCUT2D eigenvalue weighted by molar-refractivity contribution is 8.01. The molecule has 0 spiro atoms. The molecule has 0 aromatic rings. The minimum Gasteiger partial charge on any atom is -0.392 e. The minimum atomic E-state index is -4.34. The average Bonchev–Trinajstić information content (AvgIpc) is 3.01. The molecular formula is C21H33F3O3S. The molecule has 3 saturated carbocycles. The summed E-state index contributed by atoms with van der Waals surface area (Å²) in [7, 11) is 1.69. The normalized spacial score (nSPS) is 49.5. The SMILES string of the molecule is COC1CCC23CC[C@@H](C)[C@](C)(C12)[C@H](O)C[C@@](C)(SCC(F)(F)F)C(=O)[C@@H]3C. The van der Waals surface area contributed by atoms with Crippen molar-refractivity contribution in [1.82, 2.24) is 0 Å². The molecule has 3 rings (SSSR count). The Kier molecular flexibility index (Phi) is 5.73. The monoisotopic (exact) mass is 422 g/mol. The van der Waals surface area contributed by atoms with E-state index in [2.05, 4.69) is 13.8 Å². The van der Waals surface area contributed by atoms with Gasteiger partial charge in [0.25, 0.3) is 0 Å². The second-order valence-electron chi connectivity index (χ2n) is 9.77. The van der Waals surface area contributed by atoms with Crippen LogP contribution in [-0.4, -0.2) is 46.9 Å². The summed E-state index contributed by atoms with van der Waals surface area (Å²) in [5, 5.41) is 11.4. The zero-order valence-corrected chi connectivity index (χ0v) is 18.3. The quantitative estimate of drug-likeness (QED) is 0.706. The fourth-order valence-electron chi connectivity index (χ4n) is 6.78. The number of aliphatic hydroxyl groups excluding tert-OH is 1. The minimum absolute atomic E-state index is 0.0233. The molecule has 7 heteroatoms. The maximum absolute atomic E-state index is 13.6. The van der Waals surface area contributed by atoms with Gasteiger partial charge in [-0.1, -0.05) is 20.8 Å². The molecule has 0 aliphatic heterocycles. The van der Waals surface area contributed by atoms with Gasteiger partial charge in [0, 0.05) is 18.4 Å². The highest BCUT2D eigenvalue weighted by Gasteiger charge is 2.67. The first-order valence-corrected chi connectivity index (χ1v) is 11.3. The van der Waals surface area contributed by atoms with Gasteiger partial charge in [0.15, 0.2) is 5.78 Å². The first kappa shape index (κ1) is 22.4. The van der Waals surface area contributed by atoms with Crippen molar-refractivity contribution in [2.45, 2.75) is 82.9 Å². The van der Waals surface area contributed by atoms with Crippen LogP contribution in [0.25, 0.3) is 0 Å². The summed E-state index contributed by atoms with van der Waals surface area (Å²) in [6, 6.07) is 0. The Bertz CT molecular complexity index is 627. The van der Waals surface area contributed by atoms with Crippen molar-refractivity contribution in [3.8, 4) is 0 Å². The first-order valence-electron chi connectivity index (χ1n) is 10.3. The Balaban J connectivity index is 2.08. The molecule has 1 N–H and O–H groups in total. The van der Waals surface area contributed by atoms with Crippen molar-refractivity contribution in [3.05, 3.63) is 0 Å². The summed E-state index contributed by atoms with van der Waals surface area (Å²) in [6.45, 7) is 7.73. The lowest BCUT2D eigenvalue weighted by Crippen LogP contribution is -2.63. The Morgan fingerprint density at radius 3 is 2.39 bits per heavy atom. The van der Waals surface area contributed by atoms with E-state index in [1.807, 2.05) is 6.92 Å². The standard InChI is InChI=1S/C21H33F3O3S/c1-12-6-8-20-9-7-14(27-5)16(20)19(12,4)15(25)10-18(3,17(26)13(20)2)28-11-21(22,23)24/h12-16,25H,6-11H2,1-5H3/t12-,13+,14?,15-,16?,18-,19+,20?/m1/s1. The summed E-state index contributed by atoms with van der Waals surface area (Å²) < 4.78 is 43.4. The van der Waals surface area contributed by atoms with Crippen molar-refractivity contribution < 1.29 is 27.8 Å². The molecule has 0 aromatic heterocycles. The molecule has 3 aliphatic rings. The van der Waals surface area contributed by atoms with Crippen LogP contribution in [-0.2, 0) is 9.53 Å². The predicted molar refractivity (Wildman–Crippen MR) is 104 cm³/mol. The van der Waals surface area contributed by atoms with Gasteiger partial charge in [0.05, 0.1) is 22.7 Å². The Morgan fingerprint density at radius 1 is 1.21 bits per heavy atom. The van der Waals surface area contributed by atoms with Crippen molar-refractivity contribution in [2.24, 2.45) is 28.6 Å². The number of thioether (sulfide) groups is 1. The number of aliphatic hydroxyl groups is 1. The summed E-state index contributed by atoms with van der Waals surface area (Å²) in [5.74, 6) is -1.30. The van der Waals surface area contributed by atoms with E-state index in [1.54, 1.807) is 14.0 Å². The number of hydrogen-bond acceptors (Lipinski definition) is 4. The molecule has 3 fully saturated rings. The van der Waals surface area contributed by atoms with Crippen molar-refractivity contribution in [1.29, 1.82) is 0 Å². The molecular weight excluding hydrogens is 389 g/mol. The van der Waals surface area contributed by atoms with E-state index in [0.717, 1.165) is 25.7 Å². The van der Waals surface area contributed by atoms with E-state index < -0.39 is 28.2 Å². The Labute approximate surface area is 170 Å². The van der Waals surface area contributed by atoms with E-state index in [-0.39, 0.29) is 41.5 Å². The van der Waals surface area contributed by atoms with Crippen molar-refractivity contribution >= 4 is 17.5 Å². The van der Waals surface area contributed by atoms with Gasteiger partial charge in [0.1, 0.15) is 0 Å². The fourth-order valence-corrected chi connectivity index (χ4v) is 7.86. The molecule has 3 unspecified atom stereocenters. The van der Waals surface area contributed by atoms with E-state index in [1.165, 1.54) is 0 Å². The molecule has 162 valence electrons. The van der Waals surface area contributed by atoms with Crippen LogP contribution in [0.4, 0.5) is 13.2 Å². The van der Waals surface area contributed by atoms with E-state index in [4.69, 9.17) is 4.74 Å². The highest BCUT2D eigenvalue weighted by atomic mass is 32.2. The lowest BCUT2D eigenvalue weighted by molar-refractivity contribution is -0.182. The molecule has 0 radical (unpaired) electrons. The lowest BCUT2D eigenvalue weighted by Gasteiger charge is -2.61. The fraction of sp³-hybridized carbons (Fsp3) is 0.952. The van der Waals surface area contributed by atoms with Gasteiger partial charge in [-0.25, -0.2) is 0 Å². The van der Waals surface area contributed by atoms with Gasteiger partial charge in [-0.2, -0.15) is 13.2 Å². The van der Waals surface area contributed by atoms with Gasteiger partial charge < -0.3 is 9.84 Å². The maximum atomic E-state index is 13.6. The summed E-state index contributed by atoms with van der Waals surface area (Å²) in [6.07, 6.45) is -1.69. The molecule has 8 atom stereocenters. The van der Waals surface area contributed by atoms with Crippen molar-refractivity contribution in [2.75, 3.05) is 12.9 Å². The molecule has 0 aromatic carbocycles. The molecule has 2 bridgehead atoms. The van der Waals surface area contributed by atoms with Crippen LogP contribution >= 0.6 is 11.8 Å². The molecule has 0 heterocycles. The smallest absolute Gasteiger partial charge is 0.392 e. The van der Waals surface area contributed by atoms with Crippen LogP contribution in [0, 0.1) is 28.6 Å². The number of methoxy groups -OCH3 is 1. The summed E-state index contributed by atoms with van der Waals surface area (Å²) >= 11 is 0.655. The van der Waals surface area contributed by atoms with Crippen LogP contribution in [0.2, 0.25) is 0 Å². The molecule has 28 heavy (non-hydrogen) atoms. The second-order valence-corrected chi connectivity index (χ2v) is 11.2. The van der Waals surface area contributed by atoms with E-state index in [9.17, 15) is 23.1 Å². The Morgan fingerprint density at radius 2 is 1.82 bits per heavy atom. The number of ketones is 1. The molecule has 0 saturated heterocycles. The van der Waals surface area contributed by atoms with E-state index in [0.29, 0.717) is 11.8 Å². The zero-order valence-electron chi connectivity index (χ0n) is 17.4. The van der Waals surface area contributed by atoms with Gasteiger partial charge in [-0.05, 0) is 56.3 Å². The Hall–Kier alpha value is -0.270. The van der Waals surface area contributed by atoms with Crippen LogP contribution in [0.1, 0.15) is 59.8 Å². The van der Waals surface area contributed by atoms with Gasteiger partial charge >= 0.3 is 6.18 Å². The predicted octanol–water partition coefficient (Wildman–Crippen LogP) is 4.86. The number of halogens is 3. The number of carbonyl (C=O) groups excluding carboxylic acids is 1. The molecule has 3 aliphatic carbocycles. The molecule has 0 amide bonds. The lowest BCUT2D eigenvalue weighted by atomic mass is 9.45. The van der Waals surface area contributed by atoms with Crippen LogP contribution in [0.3, 0.4) is 0 Å². The first-order chi connectivity index (χ1) is 12.8. The number of alkyl halides is 3. The van der Waals surface area contributed by atoms with Gasteiger partial charge in [-0.15, -0.1) is 11.8 Å². The van der Waals surface area contributed by atoms with Gasteiger partial charge in [0.2, 0.25) is 0 Å². The van der Waals surface area contributed by atoms with Crippen LogP contribution in [0.5, 0.6) is 0 Å². The van der Waals surface area contributed by atoms with Crippen LogP contribution in [0.15, 0.2) is 0 Å². The third-order valence-corrected chi connectivity index (χ3v) is 10.1. The van der Waals surface area contributed by atoms with Crippen molar-refractivity contribution in [3.63, 3.8) is 0 Å². The van der Waals surface area contributed by atoms with E-state index >= 15 is 0 Å². The largest absolute Gasteiger partial charge is 0.397 e. The molecule has 3 nitrogen and oxygen atoms in total. The highest BCUT2D eigenvalue weighted by Crippen LogP contribution is 2.68. The van der Waals surface area contributed by atoms with Gasteiger partial charge in [-0.3, -0.25) is 4.79 Å². The maximum Gasteiger partial charge on any atom is 0.397 e. The number of rotatable bonds is 3. The zero-order chi connectivity index (χ0) is 21.1. The summed E-state index contributed by atoms with van der Waals surface area (Å²) in [4.78, 5) is 13.6. The number of Topliss-reactive ketones (excluding diaryl/α,β-unsaturated/α-hetero) is 1. The third kappa shape index (κ3) is 3.24. The average molecular weight is 423 g/mol.